The van der Waals surface area contributed by atoms with Crippen LogP contribution in [-0.4, -0.2) is 34.5 Å². The second kappa shape index (κ2) is 8.48. The Balaban J connectivity index is 1.37. The highest BCUT2D eigenvalue weighted by atomic mass is 16.3. The molecule has 0 bridgehead atoms. The molecule has 0 atom stereocenters. The van der Waals surface area contributed by atoms with Crippen molar-refractivity contribution in [3.05, 3.63) is 72.1 Å². The quantitative estimate of drug-likeness (QED) is 0.655. The molecule has 1 aromatic carbocycles. The van der Waals surface area contributed by atoms with Gasteiger partial charge in [0, 0.05) is 44.4 Å². The van der Waals surface area contributed by atoms with Crippen LogP contribution in [0.25, 0.3) is 11.1 Å². The summed E-state index contributed by atoms with van der Waals surface area (Å²) in [6, 6.07) is 14.5. The van der Waals surface area contributed by atoms with Crippen molar-refractivity contribution in [1.29, 1.82) is 0 Å². The van der Waals surface area contributed by atoms with Crippen molar-refractivity contribution in [2.75, 3.05) is 13.1 Å². The zero-order valence-corrected chi connectivity index (χ0v) is 16.3. The van der Waals surface area contributed by atoms with Crippen molar-refractivity contribution in [2.24, 2.45) is 0 Å². The molecule has 0 unspecified atom stereocenters. The molecule has 4 rings (SSSR count). The number of likely N-dealkylation sites (tertiary alicyclic amines) is 1. The Bertz CT molecular complexity index is 947. The van der Waals surface area contributed by atoms with Gasteiger partial charge in [0.1, 0.15) is 5.69 Å². The molecule has 0 saturated carbocycles. The largest absolute Gasteiger partial charge is 0.463 e. The lowest BCUT2D eigenvalue weighted by molar-refractivity contribution is 0.0900. The maximum Gasteiger partial charge on any atom is 0.268 e. The van der Waals surface area contributed by atoms with E-state index in [2.05, 4.69) is 34.5 Å². The van der Waals surface area contributed by atoms with Crippen LogP contribution in [0.15, 0.2) is 65.3 Å². The summed E-state index contributed by atoms with van der Waals surface area (Å²) in [6.45, 7) is 5.63. The third-order valence-corrected chi connectivity index (χ3v) is 5.45. The van der Waals surface area contributed by atoms with Crippen LogP contribution in [0, 0.1) is 0 Å². The Morgan fingerprint density at radius 2 is 2.00 bits per heavy atom. The summed E-state index contributed by atoms with van der Waals surface area (Å²) in [5, 5.41) is 3.23. The average molecular weight is 377 g/mol. The normalized spacial score (nSPS) is 16.2. The van der Waals surface area contributed by atoms with Gasteiger partial charge in [0.05, 0.1) is 11.8 Å². The van der Waals surface area contributed by atoms with Crippen LogP contribution in [-0.2, 0) is 13.1 Å². The number of fused-ring (bicyclic) bond motifs is 1. The van der Waals surface area contributed by atoms with Crippen LogP contribution in [0.5, 0.6) is 0 Å². The van der Waals surface area contributed by atoms with Gasteiger partial charge in [-0.1, -0.05) is 42.5 Å². The van der Waals surface area contributed by atoms with Crippen molar-refractivity contribution in [3.8, 4) is 0 Å². The first-order chi connectivity index (χ1) is 13.7. The van der Waals surface area contributed by atoms with Crippen LogP contribution >= 0.6 is 0 Å². The van der Waals surface area contributed by atoms with Crippen molar-refractivity contribution in [2.45, 2.75) is 38.9 Å². The van der Waals surface area contributed by atoms with Crippen LogP contribution in [0.4, 0.5) is 0 Å². The number of amides is 1. The van der Waals surface area contributed by atoms with Gasteiger partial charge in [-0.15, -0.1) is 0 Å². The monoisotopic (exact) mass is 377 g/mol. The summed E-state index contributed by atoms with van der Waals surface area (Å²) in [5.41, 5.74) is 3.72. The molecule has 1 fully saturated rings. The molecular weight excluding hydrogens is 350 g/mol. The summed E-state index contributed by atoms with van der Waals surface area (Å²) in [5.74, 6) is -0.0163. The first-order valence-corrected chi connectivity index (χ1v) is 9.99. The number of hydrogen-bond donors (Lipinski definition) is 1. The number of carbonyl (C=O) groups is 1. The van der Waals surface area contributed by atoms with Crippen molar-refractivity contribution in [1.82, 2.24) is 14.8 Å². The second-order valence-corrected chi connectivity index (χ2v) is 7.39. The summed E-state index contributed by atoms with van der Waals surface area (Å²) in [7, 11) is 0. The second-order valence-electron chi connectivity index (χ2n) is 7.39. The smallest absolute Gasteiger partial charge is 0.268 e. The molecule has 1 saturated heterocycles. The molecule has 3 aromatic rings. The fourth-order valence-corrected chi connectivity index (χ4v) is 3.91. The van der Waals surface area contributed by atoms with Gasteiger partial charge >= 0.3 is 0 Å². The maximum absolute atomic E-state index is 12.9. The number of benzene rings is 1. The summed E-state index contributed by atoms with van der Waals surface area (Å²) in [4.78, 5) is 15.4. The zero-order valence-electron chi connectivity index (χ0n) is 16.3. The predicted molar refractivity (Wildman–Crippen MR) is 111 cm³/mol. The van der Waals surface area contributed by atoms with E-state index >= 15 is 0 Å². The number of allylic oxidation sites excluding steroid dienone is 2. The lowest BCUT2D eigenvalue weighted by atomic mass is 10.0. The number of hydrogen-bond acceptors (Lipinski definition) is 3. The minimum Gasteiger partial charge on any atom is -0.463 e. The van der Waals surface area contributed by atoms with E-state index in [1.807, 2.05) is 41.8 Å². The van der Waals surface area contributed by atoms with Crippen LogP contribution < -0.4 is 5.32 Å². The standard InChI is InChI=1S/C23H27N3O2/c1-2-3-12-26-20-11-15-28-22(20)16-21(26)23(27)24-19-9-13-25(14-10-19)17-18-7-5-4-6-8-18/h2-8,11,15-16,19H,9-10,12-14,17H2,1H3,(H,24,27)/b3-2-. The predicted octanol–water partition coefficient (Wildman–Crippen LogP) is 4.20. The molecule has 0 aliphatic carbocycles. The highest BCUT2D eigenvalue weighted by molar-refractivity contribution is 5.97. The molecule has 2 aromatic heterocycles. The minimum absolute atomic E-state index is 0.0163. The van der Waals surface area contributed by atoms with Crippen LogP contribution in [0.2, 0.25) is 0 Å². The molecule has 1 aliphatic heterocycles. The van der Waals surface area contributed by atoms with Crippen LogP contribution in [0.1, 0.15) is 35.8 Å². The highest BCUT2D eigenvalue weighted by Crippen LogP contribution is 2.22. The van der Waals surface area contributed by atoms with Crippen molar-refractivity contribution < 1.29 is 9.21 Å². The summed E-state index contributed by atoms with van der Waals surface area (Å²) in [6.07, 6.45) is 7.66. The van der Waals surface area contributed by atoms with Gasteiger partial charge < -0.3 is 14.3 Å². The van der Waals surface area contributed by atoms with E-state index in [0.29, 0.717) is 12.2 Å². The Labute approximate surface area is 165 Å². The molecule has 146 valence electrons. The Kier molecular flexibility index (Phi) is 5.63. The van der Waals surface area contributed by atoms with E-state index in [1.54, 1.807) is 6.26 Å². The number of furan rings is 1. The Morgan fingerprint density at radius 1 is 1.21 bits per heavy atom. The van der Waals surface area contributed by atoms with Crippen molar-refractivity contribution in [3.63, 3.8) is 0 Å². The van der Waals surface area contributed by atoms with Gasteiger partial charge in [-0.2, -0.15) is 0 Å². The Morgan fingerprint density at radius 3 is 2.75 bits per heavy atom. The lowest BCUT2D eigenvalue weighted by Crippen LogP contribution is -2.44. The average Bonchev–Trinajstić information content (AvgIpc) is 3.30. The number of nitrogens with zero attached hydrogens (tertiary/aromatic N) is 2. The fraction of sp³-hybridized carbons (Fsp3) is 0.348. The van der Waals surface area contributed by atoms with Gasteiger partial charge in [-0.25, -0.2) is 0 Å². The molecule has 0 spiro atoms. The topological polar surface area (TPSA) is 50.4 Å². The molecule has 1 aliphatic rings. The number of aromatic nitrogens is 1. The highest BCUT2D eigenvalue weighted by Gasteiger charge is 2.23. The van der Waals surface area contributed by atoms with E-state index in [0.717, 1.165) is 43.6 Å². The zero-order chi connectivity index (χ0) is 19.3. The van der Waals surface area contributed by atoms with E-state index < -0.39 is 0 Å². The maximum atomic E-state index is 12.9. The molecular formula is C23H27N3O2. The minimum atomic E-state index is -0.0163. The van der Waals surface area contributed by atoms with Crippen molar-refractivity contribution >= 4 is 17.0 Å². The number of piperidine rings is 1. The number of rotatable bonds is 6. The molecule has 5 heteroatoms. The SMILES string of the molecule is C/C=C\Cn1c(C(=O)NC2CCN(Cc3ccccc3)CC2)cc2occc21. The fourth-order valence-electron chi connectivity index (χ4n) is 3.91. The van der Waals surface area contributed by atoms with Gasteiger partial charge in [0.25, 0.3) is 5.91 Å². The molecule has 1 N–H and O–H groups in total. The first kappa shape index (κ1) is 18.6. The number of carbonyl (C=O) groups excluding carboxylic acids is 1. The van der Waals surface area contributed by atoms with E-state index in [1.165, 1.54) is 5.56 Å². The van der Waals surface area contributed by atoms with Gasteiger partial charge in [-0.05, 0) is 25.3 Å². The first-order valence-electron chi connectivity index (χ1n) is 9.99. The van der Waals surface area contributed by atoms with E-state index in [-0.39, 0.29) is 11.9 Å². The Hall–Kier alpha value is -2.79. The lowest BCUT2D eigenvalue weighted by Gasteiger charge is -2.32. The third-order valence-electron chi connectivity index (χ3n) is 5.45. The molecule has 3 heterocycles. The van der Waals surface area contributed by atoms with E-state index in [4.69, 9.17) is 4.42 Å². The molecule has 28 heavy (non-hydrogen) atoms. The number of nitrogens with one attached hydrogen (secondary N) is 1. The van der Waals surface area contributed by atoms with Crippen LogP contribution in [0.3, 0.4) is 0 Å². The van der Waals surface area contributed by atoms with Gasteiger partial charge in [0.2, 0.25) is 0 Å². The molecule has 5 nitrogen and oxygen atoms in total. The summed E-state index contributed by atoms with van der Waals surface area (Å²) >= 11 is 0. The molecule has 1 amide bonds. The van der Waals surface area contributed by atoms with Gasteiger partial charge in [0.15, 0.2) is 5.58 Å². The molecule has 0 radical (unpaired) electrons. The third kappa shape index (κ3) is 4.04. The summed E-state index contributed by atoms with van der Waals surface area (Å²) < 4.78 is 7.51. The van der Waals surface area contributed by atoms with E-state index in [9.17, 15) is 4.79 Å². The van der Waals surface area contributed by atoms with Gasteiger partial charge in [-0.3, -0.25) is 9.69 Å².